The first-order valence-electron chi connectivity index (χ1n) is 6.66. The van der Waals surface area contributed by atoms with Crippen molar-refractivity contribution in [3.05, 3.63) is 48.3 Å². The second kappa shape index (κ2) is 7.36. The zero-order valence-electron chi connectivity index (χ0n) is 11.5. The maximum atomic E-state index is 4.21. The highest BCUT2D eigenvalue weighted by atomic mass is 32.2. The molecule has 0 fully saturated rings. The fraction of sp³-hybridized carbons (Fsp3) is 0.400. The van der Waals surface area contributed by atoms with Crippen molar-refractivity contribution in [2.45, 2.75) is 37.9 Å². The number of aryl methyl sites for hydroxylation is 1. The van der Waals surface area contributed by atoms with E-state index in [4.69, 9.17) is 0 Å². The topological polar surface area (TPSA) is 29.9 Å². The molecule has 0 spiro atoms. The van der Waals surface area contributed by atoms with Gasteiger partial charge in [-0.15, -0.1) is 11.8 Å². The summed E-state index contributed by atoms with van der Waals surface area (Å²) in [5.41, 5.74) is 1.35. The Hall–Kier alpha value is -1.26. The summed E-state index contributed by atoms with van der Waals surface area (Å²) in [6.45, 7) is 6.22. The van der Waals surface area contributed by atoms with Crippen LogP contribution in [0.15, 0.2) is 47.6 Å². The number of aromatic nitrogens is 2. The van der Waals surface area contributed by atoms with E-state index in [9.17, 15) is 0 Å². The van der Waals surface area contributed by atoms with Gasteiger partial charge < -0.3 is 5.32 Å². The Morgan fingerprint density at radius 1 is 1.32 bits per heavy atom. The number of benzene rings is 1. The summed E-state index contributed by atoms with van der Waals surface area (Å²) in [5.74, 6) is 1.04. The molecule has 0 amide bonds. The second-order valence-corrected chi connectivity index (χ2v) is 5.97. The van der Waals surface area contributed by atoms with E-state index in [0.29, 0.717) is 6.04 Å². The van der Waals surface area contributed by atoms with Gasteiger partial charge in [0, 0.05) is 35.6 Å². The van der Waals surface area contributed by atoms with Gasteiger partial charge in [-0.2, -0.15) is 5.10 Å². The molecule has 1 aromatic carbocycles. The second-order valence-electron chi connectivity index (χ2n) is 4.80. The third-order valence-corrected chi connectivity index (χ3v) is 3.74. The van der Waals surface area contributed by atoms with Crippen LogP contribution in [0.5, 0.6) is 0 Å². The monoisotopic (exact) mass is 275 g/mol. The smallest absolute Gasteiger partial charge is 0.0503 e. The molecule has 1 N–H and O–H groups in total. The number of hydrogen-bond donors (Lipinski definition) is 1. The number of hydrogen-bond acceptors (Lipinski definition) is 3. The van der Waals surface area contributed by atoms with Crippen molar-refractivity contribution in [3.8, 4) is 0 Å². The molecular formula is C15H21N3S. The molecule has 0 bridgehead atoms. The van der Waals surface area contributed by atoms with E-state index in [1.807, 2.05) is 34.9 Å². The first kappa shape index (κ1) is 14.2. The first-order valence-corrected chi connectivity index (χ1v) is 7.65. The molecule has 4 heteroatoms. The maximum absolute atomic E-state index is 4.21. The Kier molecular flexibility index (Phi) is 5.48. The van der Waals surface area contributed by atoms with Crippen LogP contribution in [0.3, 0.4) is 0 Å². The molecule has 1 heterocycles. The molecule has 0 radical (unpaired) electrons. The Bertz CT molecular complexity index is 480. The van der Waals surface area contributed by atoms with E-state index in [1.54, 1.807) is 0 Å². The van der Waals surface area contributed by atoms with Crippen LogP contribution in [0, 0.1) is 0 Å². The van der Waals surface area contributed by atoms with Gasteiger partial charge in [0.25, 0.3) is 0 Å². The molecule has 0 atom stereocenters. The van der Waals surface area contributed by atoms with Crippen molar-refractivity contribution < 1.29 is 0 Å². The van der Waals surface area contributed by atoms with E-state index in [0.717, 1.165) is 18.8 Å². The van der Waals surface area contributed by atoms with Crippen LogP contribution in [0.1, 0.15) is 19.4 Å². The Balaban J connectivity index is 1.81. The molecule has 0 saturated heterocycles. The van der Waals surface area contributed by atoms with Gasteiger partial charge in [-0.25, -0.2) is 0 Å². The number of thioether (sulfide) groups is 1. The third kappa shape index (κ3) is 5.09. The lowest BCUT2D eigenvalue weighted by Crippen LogP contribution is -2.21. The van der Waals surface area contributed by atoms with E-state index in [2.05, 4.69) is 48.5 Å². The first-order chi connectivity index (χ1) is 9.24. The molecule has 0 aliphatic heterocycles. The molecule has 102 valence electrons. The minimum absolute atomic E-state index is 0.524. The number of nitrogens with zero attached hydrogens (tertiary/aromatic N) is 2. The van der Waals surface area contributed by atoms with Gasteiger partial charge in [0.2, 0.25) is 0 Å². The van der Waals surface area contributed by atoms with Crippen molar-refractivity contribution in [3.63, 3.8) is 0 Å². The zero-order chi connectivity index (χ0) is 13.5. The van der Waals surface area contributed by atoms with Crippen LogP contribution in [0.4, 0.5) is 0 Å². The van der Waals surface area contributed by atoms with Gasteiger partial charge in [-0.1, -0.05) is 26.0 Å². The molecule has 0 saturated carbocycles. The summed E-state index contributed by atoms with van der Waals surface area (Å²) >= 11 is 1.88. The van der Waals surface area contributed by atoms with Crippen molar-refractivity contribution in [1.82, 2.24) is 15.1 Å². The van der Waals surface area contributed by atoms with Crippen LogP contribution in [0.25, 0.3) is 0 Å². The van der Waals surface area contributed by atoms with Crippen LogP contribution in [-0.4, -0.2) is 21.6 Å². The SMILES string of the molecule is CC(C)NCc1cccc(SCCn2cccn2)c1. The molecule has 3 nitrogen and oxygen atoms in total. The van der Waals surface area contributed by atoms with Crippen molar-refractivity contribution >= 4 is 11.8 Å². The Labute approximate surface area is 119 Å². The number of nitrogens with one attached hydrogen (secondary N) is 1. The summed E-state index contributed by atoms with van der Waals surface area (Å²) in [6, 6.07) is 11.2. The fourth-order valence-electron chi connectivity index (χ4n) is 1.76. The van der Waals surface area contributed by atoms with E-state index >= 15 is 0 Å². The highest BCUT2D eigenvalue weighted by Crippen LogP contribution is 2.19. The van der Waals surface area contributed by atoms with Gasteiger partial charge in [0.1, 0.15) is 0 Å². The summed E-state index contributed by atoms with van der Waals surface area (Å²) in [4.78, 5) is 1.33. The highest BCUT2D eigenvalue weighted by molar-refractivity contribution is 7.99. The van der Waals surface area contributed by atoms with Gasteiger partial charge >= 0.3 is 0 Å². The molecular weight excluding hydrogens is 254 g/mol. The average molecular weight is 275 g/mol. The van der Waals surface area contributed by atoms with Crippen LogP contribution >= 0.6 is 11.8 Å². The Morgan fingerprint density at radius 2 is 2.21 bits per heavy atom. The predicted molar refractivity (Wildman–Crippen MR) is 81.4 cm³/mol. The van der Waals surface area contributed by atoms with Gasteiger partial charge in [0.15, 0.2) is 0 Å². The lowest BCUT2D eigenvalue weighted by Gasteiger charge is -2.09. The Morgan fingerprint density at radius 3 is 2.95 bits per heavy atom. The summed E-state index contributed by atoms with van der Waals surface area (Å²) in [6.07, 6.45) is 3.83. The normalized spacial score (nSPS) is 11.1. The molecule has 19 heavy (non-hydrogen) atoms. The largest absolute Gasteiger partial charge is 0.310 e. The summed E-state index contributed by atoms with van der Waals surface area (Å²) in [7, 11) is 0. The summed E-state index contributed by atoms with van der Waals surface area (Å²) in [5, 5.41) is 7.65. The van der Waals surface area contributed by atoms with Gasteiger partial charge in [-0.3, -0.25) is 4.68 Å². The lowest BCUT2D eigenvalue weighted by molar-refractivity contribution is 0.588. The summed E-state index contributed by atoms with van der Waals surface area (Å²) < 4.78 is 1.97. The molecule has 1 aromatic heterocycles. The van der Waals surface area contributed by atoms with Gasteiger partial charge in [0.05, 0.1) is 6.54 Å². The average Bonchev–Trinajstić information content (AvgIpc) is 2.90. The fourth-order valence-corrected chi connectivity index (χ4v) is 2.68. The quantitative estimate of drug-likeness (QED) is 0.787. The van der Waals surface area contributed by atoms with Crippen LogP contribution < -0.4 is 5.32 Å². The maximum Gasteiger partial charge on any atom is 0.0503 e. The van der Waals surface area contributed by atoms with E-state index < -0.39 is 0 Å². The van der Waals surface area contributed by atoms with Gasteiger partial charge in [-0.05, 0) is 23.8 Å². The zero-order valence-corrected chi connectivity index (χ0v) is 12.4. The minimum Gasteiger partial charge on any atom is -0.310 e. The van der Waals surface area contributed by atoms with Crippen LogP contribution in [-0.2, 0) is 13.1 Å². The third-order valence-electron chi connectivity index (χ3n) is 2.76. The minimum atomic E-state index is 0.524. The van der Waals surface area contributed by atoms with Crippen molar-refractivity contribution in [1.29, 1.82) is 0 Å². The lowest BCUT2D eigenvalue weighted by atomic mass is 10.2. The number of rotatable bonds is 7. The standard InChI is InChI=1S/C15H21N3S/c1-13(2)16-12-14-5-3-6-15(11-14)19-10-9-18-8-4-7-17-18/h3-8,11,13,16H,9-10,12H2,1-2H3. The van der Waals surface area contributed by atoms with Crippen molar-refractivity contribution in [2.75, 3.05) is 5.75 Å². The molecule has 2 rings (SSSR count). The van der Waals surface area contributed by atoms with E-state index in [1.165, 1.54) is 10.5 Å². The van der Waals surface area contributed by atoms with Crippen LogP contribution in [0.2, 0.25) is 0 Å². The molecule has 0 unspecified atom stereocenters. The van der Waals surface area contributed by atoms with Crippen molar-refractivity contribution in [2.24, 2.45) is 0 Å². The molecule has 0 aliphatic carbocycles. The molecule has 2 aromatic rings. The predicted octanol–water partition coefficient (Wildman–Crippen LogP) is 3.17. The van der Waals surface area contributed by atoms with E-state index in [-0.39, 0.29) is 0 Å². The highest BCUT2D eigenvalue weighted by Gasteiger charge is 1.99. The molecule has 0 aliphatic rings.